The van der Waals surface area contributed by atoms with Crippen molar-refractivity contribution in [3.05, 3.63) is 35.4 Å². The van der Waals surface area contributed by atoms with Gasteiger partial charge in [0, 0.05) is 24.9 Å². The van der Waals surface area contributed by atoms with Gasteiger partial charge in [0.05, 0.1) is 0 Å². The van der Waals surface area contributed by atoms with Gasteiger partial charge in [-0.15, -0.1) is 0 Å². The van der Waals surface area contributed by atoms with Gasteiger partial charge in [0.2, 0.25) is 0 Å². The number of hydrogen-bond acceptors (Lipinski definition) is 2. The monoisotopic (exact) mass is 203 g/mol. The molecule has 0 amide bonds. The highest BCUT2D eigenvalue weighted by Gasteiger charge is 2.24. The number of rotatable bonds is 3. The molecule has 80 valence electrons. The summed E-state index contributed by atoms with van der Waals surface area (Å²) in [7, 11) is 0. The van der Waals surface area contributed by atoms with Crippen LogP contribution in [0.2, 0.25) is 0 Å². The first-order chi connectivity index (χ1) is 7.18. The Kier molecular flexibility index (Phi) is 2.87. The molecular formula is C13H17NO. The van der Waals surface area contributed by atoms with Crippen LogP contribution in [0.4, 0.5) is 0 Å². The summed E-state index contributed by atoms with van der Waals surface area (Å²) in [6.07, 6.45) is 0.620. The maximum atomic E-state index is 11.7. The van der Waals surface area contributed by atoms with E-state index < -0.39 is 0 Å². The molecule has 0 aromatic heterocycles. The molecule has 0 fully saturated rings. The molecule has 15 heavy (non-hydrogen) atoms. The minimum Gasteiger partial charge on any atom is -0.305 e. The number of carbonyl (C=O) groups excluding carboxylic acids is 1. The molecule has 1 aliphatic heterocycles. The van der Waals surface area contributed by atoms with Crippen LogP contribution < -0.4 is 5.32 Å². The first-order valence-electron chi connectivity index (χ1n) is 5.52. The summed E-state index contributed by atoms with van der Waals surface area (Å²) in [6, 6.07) is 8.57. The van der Waals surface area contributed by atoms with Crippen molar-refractivity contribution in [2.45, 2.75) is 32.9 Å². The third-order valence-corrected chi connectivity index (χ3v) is 3.02. The van der Waals surface area contributed by atoms with E-state index in [0.29, 0.717) is 12.2 Å². The second kappa shape index (κ2) is 4.15. The fraction of sp³-hybridized carbons (Fsp3) is 0.462. The van der Waals surface area contributed by atoms with Crippen LogP contribution >= 0.6 is 0 Å². The quantitative estimate of drug-likeness (QED) is 0.817. The summed E-state index contributed by atoms with van der Waals surface area (Å²) >= 11 is 0. The zero-order valence-electron chi connectivity index (χ0n) is 9.29. The second-order valence-corrected chi connectivity index (χ2v) is 4.46. The first-order valence-corrected chi connectivity index (χ1v) is 5.52. The molecule has 1 aromatic rings. The van der Waals surface area contributed by atoms with Gasteiger partial charge >= 0.3 is 0 Å². The third-order valence-electron chi connectivity index (χ3n) is 3.02. The van der Waals surface area contributed by atoms with Gasteiger partial charge in [-0.3, -0.25) is 4.79 Å². The van der Waals surface area contributed by atoms with E-state index in [1.165, 1.54) is 11.1 Å². The topological polar surface area (TPSA) is 29.1 Å². The number of nitrogens with one attached hydrogen (secondary N) is 1. The second-order valence-electron chi connectivity index (χ2n) is 4.46. The number of benzene rings is 1. The summed E-state index contributed by atoms with van der Waals surface area (Å²) in [5, 5.41) is 3.39. The van der Waals surface area contributed by atoms with Gasteiger partial charge in [0.25, 0.3) is 0 Å². The van der Waals surface area contributed by atoms with Crippen molar-refractivity contribution in [1.29, 1.82) is 0 Å². The van der Waals surface area contributed by atoms with Crippen LogP contribution in [-0.4, -0.2) is 5.78 Å². The average molecular weight is 203 g/mol. The van der Waals surface area contributed by atoms with Crippen LogP contribution in [0.1, 0.15) is 37.4 Å². The SMILES string of the molecule is CC(C)C(=O)CC1NCc2ccccc21. The van der Waals surface area contributed by atoms with Crippen LogP contribution in [0.3, 0.4) is 0 Å². The Morgan fingerprint density at radius 2 is 2.20 bits per heavy atom. The van der Waals surface area contributed by atoms with Crippen molar-refractivity contribution >= 4 is 5.78 Å². The zero-order valence-corrected chi connectivity index (χ0v) is 9.29. The van der Waals surface area contributed by atoms with Gasteiger partial charge in [0.15, 0.2) is 0 Å². The van der Waals surface area contributed by atoms with E-state index in [-0.39, 0.29) is 12.0 Å². The number of hydrogen-bond donors (Lipinski definition) is 1. The maximum absolute atomic E-state index is 11.7. The van der Waals surface area contributed by atoms with Crippen LogP contribution in [0, 0.1) is 5.92 Å². The Hall–Kier alpha value is -1.15. The van der Waals surface area contributed by atoms with E-state index in [4.69, 9.17) is 0 Å². The van der Waals surface area contributed by atoms with Gasteiger partial charge in [-0.1, -0.05) is 38.1 Å². The Morgan fingerprint density at radius 3 is 2.93 bits per heavy atom. The van der Waals surface area contributed by atoms with E-state index >= 15 is 0 Å². The lowest BCUT2D eigenvalue weighted by Gasteiger charge is -2.12. The lowest BCUT2D eigenvalue weighted by Crippen LogP contribution is -2.19. The number of carbonyl (C=O) groups is 1. The number of ketones is 1. The molecule has 2 heteroatoms. The summed E-state index contributed by atoms with van der Waals surface area (Å²) < 4.78 is 0. The predicted octanol–water partition coefficient (Wildman–Crippen LogP) is 2.45. The largest absolute Gasteiger partial charge is 0.305 e. The molecule has 1 atom stereocenters. The summed E-state index contributed by atoms with van der Waals surface area (Å²) in [5.74, 6) is 0.476. The van der Waals surface area contributed by atoms with Crippen molar-refractivity contribution in [2.24, 2.45) is 5.92 Å². The predicted molar refractivity (Wildman–Crippen MR) is 60.5 cm³/mol. The Labute approximate surface area is 90.7 Å². The van der Waals surface area contributed by atoms with E-state index in [0.717, 1.165) is 6.54 Å². The Bertz CT molecular complexity index is 371. The summed E-state index contributed by atoms with van der Waals surface area (Å²) in [6.45, 7) is 4.82. The van der Waals surface area contributed by atoms with Crippen molar-refractivity contribution in [3.63, 3.8) is 0 Å². The average Bonchev–Trinajstić information content (AvgIpc) is 2.62. The van der Waals surface area contributed by atoms with E-state index in [1.807, 2.05) is 26.0 Å². The Balaban J connectivity index is 2.11. The molecule has 1 unspecified atom stereocenters. The van der Waals surface area contributed by atoms with Crippen molar-refractivity contribution in [1.82, 2.24) is 5.32 Å². The molecule has 1 heterocycles. The highest BCUT2D eigenvalue weighted by atomic mass is 16.1. The molecule has 2 nitrogen and oxygen atoms in total. The van der Waals surface area contributed by atoms with E-state index in [2.05, 4.69) is 17.4 Å². The van der Waals surface area contributed by atoms with Crippen LogP contribution in [0.5, 0.6) is 0 Å². The lowest BCUT2D eigenvalue weighted by atomic mass is 9.96. The first kappa shape index (κ1) is 10.4. The molecular weight excluding hydrogens is 186 g/mol. The van der Waals surface area contributed by atoms with Gasteiger partial charge in [0.1, 0.15) is 5.78 Å². The van der Waals surface area contributed by atoms with Crippen LogP contribution in [0.25, 0.3) is 0 Å². The van der Waals surface area contributed by atoms with Gasteiger partial charge in [-0.05, 0) is 11.1 Å². The number of Topliss-reactive ketones (excluding diaryl/α,β-unsaturated/α-hetero) is 1. The van der Waals surface area contributed by atoms with E-state index in [1.54, 1.807) is 0 Å². The molecule has 0 aliphatic carbocycles. The highest BCUT2D eigenvalue weighted by molar-refractivity contribution is 5.81. The Morgan fingerprint density at radius 1 is 1.47 bits per heavy atom. The molecule has 1 aromatic carbocycles. The van der Waals surface area contributed by atoms with Crippen LogP contribution in [0.15, 0.2) is 24.3 Å². The molecule has 1 aliphatic rings. The lowest BCUT2D eigenvalue weighted by molar-refractivity contribution is -0.122. The summed E-state index contributed by atoms with van der Waals surface area (Å²) in [5.41, 5.74) is 2.63. The smallest absolute Gasteiger partial charge is 0.137 e. The molecule has 0 spiro atoms. The summed E-state index contributed by atoms with van der Waals surface area (Å²) in [4.78, 5) is 11.7. The third kappa shape index (κ3) is 2.10. The van der Waals surface area contributed by atoms with Gasteiger partial charge in [-0.2, -0.15) is 0 Å². The highest BCUT2D eigenvalue weighted by Crippen LogP contribution is 2.28. The van der Waals surface area contributed by atoms with Gasteiger partial charge < -0.3 is 5.32 Å². The zero-order chi connectivity index (χ0) is 10.8. The molecule has 1 N–H and O–H groups in total. The van der Waals surface area contributed by atoms with Crippen molar-refractivity contribution in [3.8, 4) is 0 Å². The molecule has 0 radical (unpaired) electrons. The minimum atomic E-state index is 0.138. The normalized spacial score (nSPS) is 19.3. The maximum Gasteiger partial charge on any atom is 0.137 e. The molecule has 2 rings (SSSR count). The van der Waals surface area contributed by atoms with Crippen molar-refractivity contribution in [2.75, 3.05) is 0 Å². The minimum absolute atomic E-state index is 0.138. The fourth-order valence-corrected chi connectivity index (χ4v) is 2.00. The molecule has 0 saturated carbocycles. The standard InChI is InChI=1S/C13H17NO/c1-9(2)13(15)7-12-11-6-4-3-5-10(11)8-14-12/h3-6,9,12,14H,7-8H2,1-2H3. The van der Waals surface area contributed by atoms with E-state index in [9.17, 15) is 4.79 Å². The van der Waals surface area contributed by atoms with Gasteiger partial charge in [-0.25, -0.2) is 0 Å². The molecule has 0 bridgehead atoms. The molecule has 0 saturated heterocycles. The fourth-order valence-electron chi connectivity index (χ4n) is 2.00. The van der Waals surface area contributed by atoms with Crippen LogP contribution in [-0.2, 0) is 11.3 Å². The van der Waals surface area contributed by atoms with Crippen molar-refractivity contribution < 1.29 is 4.79 Å². The number of fused-ring (bicyclic) bond motifs is 1.